The van der Waals surface area contributed by atoms with Gasteiger partial charge in [-0.1, -0.05) is 6.07 Å². The van der Waals surface area contributed by atoms with Gasteiger partial charge in [-0.2, -0.15) is 0 Å². The van der Waals surface area contributed by atoms with Crippen molar-refractivity contribution >= 4 is 11.6 Å². The SMILES string of the molecule is O=C(Nc1c(F)cccc1F)c1ccc(-n2cnnn2)cc1. The molecule has 3 rings (SSSR count). The summed E-state index contributed by atoms with van der Waals surface area (Å²) in [5.41, 5.74) is 0.426. The summed E-state index contributed by atoms with van der Waals surface area (Å²) in [7, 11) is 0. The van der Waals surface area contributed by atoms with Crippen molar-refractivity contribution in [3.63, 3.8) is 0 Å². The van der Waals surface area contributed by atoms with Crippen LogP contribution >= 0.6 is 0 Å². The number of halogens is 2. The first kappa shape index (κ1) is 13.8. The molecule has 110 valence electrons. The van der Waals surface area contributed by atoms with Crippen LogP contribution in [0.5, 0.6) is 0 Å². The van der Waals surface area contributed by atoms with Gasteiger partial charge in [-0.05, 0) is 46.8 Å². The zero-order valence-corrected chi connectivity index (χ0v) is 11.1. The molecular formula is C14H9F2N5O. The number of nitrogens with zero attached hydrogens (tertiary/aromatic N) is 4. The Morgan fingerprint density at radius 1 is 1.05 bits per heavy atom. The Morgan fingerprint density at radius 2 is 1.73 bits per heavy atom. The summed E-state index contributed by atoms with van der Waals surface area (Å²) in [6, 6.07) is 9.60. The fourth-order valence-electron chi connectivity index (χ4n) is 1.85. The first-order valence-corrected chi connectivity index (χ1v) is 6.24. The number of carbonyl (C=O) groups is 1. The lowest BCUT2D eigenvalue weighted by atomic mass is 10.2. The Balaban J connectivity index is 1.81. The number of hydrogen-bond acceptors (Lipinski definition) is 4. The van der Waals surface area contributed by atoms with Crippen LogP contribution in [0.3, 0.4) is 0 Å². The quantitative estimate of drug-likeness (QED) is 0.805. The fraction of sp³-hybridized carbons (Fsp3) is 0. The van der Waals surface area contributed by atoms with E-state index in [2.05, 4.69) is 20.8 Å². The first-order valence-electron chi connectivity index (χ1n) is 6.24. The first-order chi connectivity index (χ1) is 10.6. The van der Waals surface area contributed by atoms with E-state index in [1.165, 1.54) is 29.2 Å². The molecule has 2 aromatic carbocycles. The maximum atomic E-state index is 13.5. The maximum absolute atomic E-state index is 13.5. The molecule has 8 heteroatoms. The van der Waals surface area contributed by atoms with Gasteiger partial charge in [-0.3, -0.25) is 4.79 Å². The number of aromatic nitrogens is 4. The predicted octanol–water partition coefficient (Wildman–Crippen LogP) is 2.19. The second-order valence-corrected chi connectivity index (χ2v) is 4.35. The van der Waals surface area contributed by atoms with Crippen molar-refractivity contribution < 1.29 is 13.6 Å². The zero-order chi connectivity index (χ0) is 15.5. The molecular weight excluding hydrogens is 292 g/mol. The van der Waals surface area contributed by atoms with Gasteiger partial charge in [0.25, 0.3) is 5.91 Å². The van der Waals surface area contributed by atoms with Gasteiger partial charge in [-0.25, -0.2) is 13.5 Å². The molecule has 0 aliphatic carbocycles. The van der Waals surface area contributed by atoms with Crippen LogP contribution in [-0.4, -0.2) is 26.1 Å². The summed E-state index contributed by atoms with van der Waals surface area (Å²) >= 11 is 0. The van der Waals surface area contributed by atoms with Crippen LogP contribution in [0.2, 0.25) is 0 Å². The third kappa shape index (κ3) is 2.66. The Labute approximate surface area is 123 Å². The van der Waals surface area contributed by atoms with Gasteiger partial charge < -0.3 is 5.32 Å². The van der Waals surface area contributed by atoms with Gasteiger partial charge in [0, 0.05) is 5.56 Å². The molecule has 0 atom stereocenters. The molecule has 0 saturated carbocycles. The number of carbonyl (C=O) groups excluding carboxylic acids is 1. The summed E-state index contributed by atoms with van der Waals surface area (Å²) < 4.78 is 28.4. The van der Waals surface area contributed by atoms with Crippen LogP contribution in [0, 0.1) is 11.6 Å². The van der Waals surface area contributed by atoms with Crippen molar-refractivity contribution in [2.75, 3.05) is 5.32 Å². The summed E-state index contributed by atoms with van der Waals surface area (Å²) in [5.74, 6) is -2.29. The highest BCUT2D eigenvalue weighted by molar-refractivity contribution is 6.04. The van der Waals surface area contributed by atoms with Gasteiger partial charge in [-0.15, -0.1) is 5.10 Å². The van der Waals surface area contributed by atoms with Crippen molar-refractivity contribution in [1.29, 1.82) is 0 Å². The lowest BCUT2D eigenvalue weighted by molar-refractivity contribution is 0.102. The smallest absolute Gasteiger partial charge is 0.255 e. The van der Waals surface area contributed by atoms with Crippen molar-refractivity contribution in [2.24, 2.45) is 0 Å². The second kappa shape index (κ2) is 5.68. The molecule has 0 saturated heterocycles. The van der Waals surface area contributed by atoms with E-state index >= 15 is 0 Å². The monoisotopic (exact) mass is 301 g/mol. The van der Waals surface area contributed by atoms with Gasteiger partial charge in [0.2, 0.25) is 0 Å². The van der Waals surface area contributed by atoms with Gasteiger partial charge in [0.1, 0.15) is 23.6 Å². The average Bonchev–Trinajstić information content (AvgIpc) is 3.05. The third-order valence-corrected chi connectivity index (χ3v) is 2.94. The lowest BCUT2D eigenvalue weighted by Crippen LogP contribution is -2.14. The van der Waals surface area contributed by atoms with Crippen LogP contribution in [-0.2, 0) is 0 Å². The van der Waals surface area contributed by atoms with E-state index in [1.807, 2.05) is 0 Å². The molecule has 1 N–H and O–H groups in total. The van der Waals surface area contributed by atoms with Gasteiger partial charge >= 0.3 is 0 Å². The van der Waals surface area contributed by atoms with Crippen LogP contribution < -0.4 is 5.32 Å². The Kier molecular flexibility index (Phi) is 3.57. The van der Waals surface area contributed by atoms with E-state index in [0.29, 0.717) is 5.69 Å². The van der Waals surface area contributed by atoms with E-state index in [9.17, 15) is 13.6 Å². The van der Waals surface area contributed by atoms with E-state index in [0.717, 1.165) is 12.1 Å². The van der Waals surface area contributed by atoms with Crippen molar-refractivity contribution in [2.45, 2.75) is 0 Å². The van der Waals surface area contributed by atoms with Gasteiger partial charge in [0.15, 0.2) is 0 Å². The minimum absolute atomic E-state index is 0.250. The maximum Gasteiger partial charge on any atom is 0.255 e. The van der Waals surface area contributed by atoms with E-state index in [4.69, 9.17) is 0 Å². The highest BCUT2D eigenvalue weighted by Crippen LogP contribution is 2.19. The van der Waals surface area contributed by atoms with E-state index < -0.39 is 23.2 Å². The molecule has 1 aromatic heterocycles. The van der Waals surface area contributed by atoms with Crippen LogP contribution in [0.15, 0.2) is 48.8 Å². The molecule has 0 radical (unpaired) electrons. The topological polar surface area (TPSA) is 72.7 Å². The Hall–Kier alpha value is -3.16. The average molecular weight is 301 g/mol. The third-order valence-electron chi connectivity index (χ3n) is 2.94. The highest BCUT2D eigenvalue weighted by Gasteiger charge is 2.13. The molecule has 3 aromatic rings. The molecule has 0 fully saturated rings. The summed E-state index contributed by atoms with van der Waals surface area (Å²) in [6.45, 7) is 0. The lowest BCUT2D eigenvalue weighted by Gasteiger charge is -2.08. The van der Waals surface area contributed by atoms with E-state index in [1.54, 1.807) is 12.1 Å². The molecule has 0 unspecified atom stereocenters. The van der Waals surface area contributed by atoms with Crippen molar-refractivity contribution in [3.8, 4) is 5.69 Å². The van der Waals surface area contributed by atoms with Crippen LogP contribution in [0.25, 0.3) is 5.69 Å². The molecule has 1 heterocycles. The predicted molar refractivity (Wildman–Crippen MR) is 73.5 cm³/mol. The van der Waals surface area contributed by atoms with Crippen LogP contribution in [0.1, 0.15) is 10.4 Å². The summed E-state index contributed by atoms with van der Waals surface area (Å²) in [5, 5.41) is 12.9. The molecule has 0 aliphatic rings. The largest absolute Gasteiger partial charge is 0.317 e. The Bertz CT molecular complexity index is 782. The summed E-state index contributed by atoms with van der Waals surface area (Å²) in [6.07, 6.45) is 1.41. The number of anilines is 1. The van der Waals surface area contributed by atoms with E-state index in [-0.39, 0.29) is 5.56 Å². The standard InChI is InChI=1S/C14H9F2N5O/c15-11-2-1-3-12(16)13(11)18-14(22)9-4-6-10(7-5-9)21-8-17-19-20-21/h1-8H,(H,18,22). The normalized spacial score (nSPS) is 10.5. The number of hydrogen-bond donors (Lipinski definition) is 1. The van der Waals surface area contributed by atoms with Crippen LogP contribution in [0.4, 0.5) is 14.5 Å². The van der Waals surface area contributed by atoms with Crippen molar-refractivity contribution in [3.05, 3.63) is 66.0 Å². The number of amides is 1. The molecule has 1 amide bonds. The molecule has 0 bridgehead atoms. The highest BCUT2D eigenvalue weighted by atomic mass is 19.1. The summed E-state index contributed by atoms with van der Waals surface area (Å²) in [4.78, 5) is 12.0. The van der Waals surface area contributed by atoms with Crippen molar-refractivity contribution in [1.82, 2.24) is 20.2 Å². The Morgan fingerprint density at radius 3 is 2.32 bits per heavy atom. The number of rotatable bonds is 3. The fourth-order valence-corrected chi connectivity index (χ4v) is 1.85. The zero-order valence-electron chi connectivity index (χ0n) is 11.1. The second-order valence-electron chi connectivity index (χ2n) is 4.35. The molecule has 0 spiro atoms. The number of tetrazole rings is 1. The number of nitrogens with one attached hydrogen (secondary N) is 1. The number of benzene rings is 2. The minimum atomic E-state index is -0.835. The molecule has 6 nitrogen and oxygen atoms in total. The minimum Gasteiger partial charge on any atom is -0.317 e. The molecule has 22 heavy (non-hydrogen) atoms. The van der Waals surface area contributed by atoms with Gasteiger partial charge in [0.05, 0.1) is 5.69 Å². The number of para-hydroxylation sites is 1. The molecule has 0 aliphatic heterocycles.